The first-order valence-corrected chi connectivity index (χ1v) is 5.41. The van der Waals surface area contributed by atoms with Crippen LogP contribution in [0.15, 0.2) is 0 Å². The average Bonchev–Trinajstić information content (AvgIpc) is 2.30. The van der Waals surface area contributed by atoms with Crippen LogP contribution in [0.1, 0.15) is 13.8 Å². The predicted molar refractivity (Wildman–Crippen MR) is 49.3 cm³/mol. The second kappa shape index (κ2) is 4.46. The van der Waals surface area contributed by atoms with E-state index in [0.29, 0.717) is 0 Å². The van der Waals surface area contributed by atoms with Gasteiger partial charge in [0.2, 0.25) is 0 Å². The van der Waals surface area contributed by atoms with Gasteiger partial charge in [0, 0.05) is 5.75 Å². The van der Waals surface area contributed by atoms with Gasteiger partial charge in [-0.15, -0.1) is 0 Å². The molecule has 1 aliphatic rings. The van der Waals surface area contributed by atoms with E-state index in [2.05, 4.69) is 6.92 Å². The molecule has 1 saturated heterocycles. The van der Waals surface area contributed by atoms with E-state index in [4.69, 9.17) is 4.74 Å². The molecule has 2 unspecified atom stereocenters. The highest BCUT2D eigenvalue weighted by atomic mass is 32.2. The number of aliphatic hydroxyl groups is 2. The van der Waals surface area contributed by atoms with Gasteiger partial charge in [-0.05, 0) is 12.7 Å². The van der Waals surface area contributed by atoms with Crippen LogP contribution in [0.5, 0.6) is 0 Å². The molecule has 0 aromatic carbocycles. The maximum atomic E-state index is 9.47. The Morgan fingerprint density at radius 2 is 2.00 bits per heavy atom. The van der Waals surface area contributed by atoms with Crippen LogP contribution in [0.3, 0.4) is 0 Å². The summed E-state index contributed by atoms with van der Waals surface area (Å²) in [5.74, 6) is 1.77. The molecule has 1 rings (SSSR count). The van der Waals surface area contributed by atoms with Gasteiger partial charge in [-0.25, -0.2) is 0 Å². The molecule has 12 heavy (non-hydrogen) atoms. The lowest BCUT2D eigenvalue weighted by Gasteiger charge is -2.13. The Kier molecular flexibility index (Phi) is 3.83. The molecule has 0 saturated carbocycles. The fourth-order valence-corrected chi connectivity index (χ4v) is 2.05. The predicted octanol–water partition coefficient (Wildman–Crippen LogP) is 0.249. The molecule has 4 atom stereocenters. The third-order valence-electron chi connectivity index (χ3n) is 2.09. The Hall–Kier alpha value is 0.230. The van der Waals surface area contributed by atoms with Gasteiger partial charge in [0.1, 0.15) is 12.2 Å². The van der Waals surface area contributed by atoms with Crippen molar-refractivity contribution in [1.29, 1.82) is 0 Å². The number of aliphatic hydroxyl groups excluding tert-OH is 2. The van der Waals surface area contributed by atoms with E-state index in [0.717, 1.165) is 11.5 Å². The fourth-order valence-electron chi connectivity index (χ4n) is 1.31. The van der Waals surface area contributed by atoms with Gasteiger partial charge in [0.25, 0.3) is 0 Å². The largest absolute Gasteiger partial charge is 0.388 e. The summed E-state index contributed by atoms with van der Waals surface area (Å²) in [5.41, 5.74) is 0. The molecule has 1 fully saturated rings. The summed E-state index contributed by atoms with van der Waals surface area (Å²) < 4.78 is 5.37. The maximum Gasteiger partial charge on any atom is 0.109 e. The van der Waals surface area contributed by atoms with Crippen LogP contribution in [0.4, 0.5) is 0 Å². The van der Waals surface area contributed by atoms with Crippen molar-refractivity contribution < 1.29 is 14.9 Å². The van der Waals surface area contributed by atoms with Gasteiger partial charge in [-0.2, -0.15) is 11.8 Å². The van der Waals surface area contributed by atoms with Crippen molar-refractivity contribution in [1.82, 2.24) is 0 Å². The van der Waals surface area contributed by atoms with Gasteiger partial charge in [0.15, 0.2) is 0 Å². The highest BCUT2D eigenvalue weighted by molar-refractivity contribution is 7.99. The topological polar surface area (TPSA) is 49.7 Å². The van der Waals surface area contributed by atoms with Crippen LogP contribution in [0.2, 0.25) is 0 Å². The summed E-state index contributed by atoms with van der Waals surface area (Å²) in [4.78, 5) is 0. The van der Waals surface area contributed by atoms with E-state index >= 15 is 0 Å². The van der Waals surface area contributed by atoms with Gasteiger partial charge in [0.05, 0.1) is 12.2 Å². The molecule has 1 aliphatic heterocycles. The van der Waals surface area contributed by atoms with E-state index in [9.17, 15) is 10.2 Å². The zero-order chi connectivity index (χ0) is 9.14. The molecule has 2 N–H and O–H groups in total. The lowest BCUT2D eigenvalue weighted by atomic mass is 10.1. The number of ether oxygens (including phenoxy) is 1. The molecule has 72 valence electrons. The minimum absolute atomic E-state index is 0.194. The monoisotopic (exact) mass is 192 g/mol. The van der Waals surface area contributed by atoms with Crippen molar-refractivity contribution in [2.24, 2.45) is 0 Å². The molecule has 4 heteroatoms. The normalized spacial score (nSPS) is 42.0. The number of thioether (sulfide) groups is 1. The van der Waals surface area contributed by atoms with Gasteiger partial charge in [-0.3, -0.25) is 0 Å². The van der Waals surface area contributed by atoms with Crippen LogP contribution < -0.4 is 0 Å². The first-order chi connectivity index (χ1) is 5.66. The second-order valence-corrected chi connectivity index (χ2v) is 4.34. The molecule has 1 heterocycles. The van der Waals surface area contributed by atoms with E-state index in [1.165, 1.54) is 0 Å². The SMILES string of the molecule is CCSC[C@H]1O[C@@H](C)C(O)C1O. The third-order valence-corrected chi connectivity index (χ3v) is 3.06. The van der Waals surface area contributed by atoms with Gasteiger partial charge in [-0.1, -0.05) is 6.92 Å². The van der Waals surface area contributed by atoms with Crippen LogP contribution >= 0.6 is 11.8 Å². The lowest BCUT2D eigenvalue weighted by molar-refractivity contribution is 0.0302. The molecule has 0 aromatic heterocycles. The Bertz CT molecular complexity index is 142. The molecular formula is C8H16O3S. The van der Waals surface area contributed by atoms with Crippen LogP contribution in [0, 0.1) is 0 Å². The lowest BCUT2D eigenvalue weighted by Crippen LogP contribution is -2.32. The van der Waals surface area contributed by atoms with E-state index < -0.39 is 12.2 Å². The van der Waals surface area contributed by atoms with Gasteiger partial charge >= 0.3 is 0 Å². The molecule has 3 nitrogen and oxygen atoms in total. The summed E-state index contributed by atoms with van der Waals surface area (Å²) in [6.07, 6.45) is -1.85. The average molecular weight is 192 g/mol. The smallest absolute Gasteiger partial charge is 0.109 e. The molecular weight excluding hydrogens is 176 g/mol. The number of rotatable bonds is 3. The zero-order valence-corrected chi connectivity index (χ0v) is 8.25. The van der Waals surface area contributed by atoms with Crippen molar-refractivity contribution >= 4 is 11.8 Å². The summed E-state index contributed by atoms with van der Waals surface area (Å²) in [7, 11) is 0. The quantitative estimate of drug-likeness (QED) is 0.673. The molecule has 0 bridgehead atoms. The summed E-state index contributed by atoms with van der Waals surface area (Å²) >= 11 is 1.72. The van der Waals surface area contributed by atoms with Crippen molar-refractivity contribution in [3.8, 4) is 0 Å². The molecule has 0 spiro atoms. The Balaban J connectivity index is 2.36. The fraction of sp³-hybridized carbons (Fsp3) is 1.00. The Morgan fingerprint density at radius 3 is 2.42 bits per heavy atom. The zero-order valence-electron chi connectivity index (χ0n) is 7.43. The van der Waals surface area contributed by atoms with E-state index in [-0.39, 0.29) is 12.2 Å². The van der Waals surface area contributed by atoms with Crippen LogP contribution in [0.25, 0.3) is 0 Å². The van der Waals surface area contributed by atoms with Crippen molar-refractivity contribution in [3.63, 3.8) is 0 Å². The first-order valence-electron chi connectivity index (χ1n) is 4.26. The van der Waals surface area contributed by atoms with Crippen LogP contribution in [-0.4, -0.2) is 46.1 Å². The molecule has 0 aliphatic carbocycles. The summed E-state index contributed by atoms with van der Waals surface area (Å²) in [6.45, 7) is 3.84. The van der Waals surface area contributed by atoms with E-state index in [1.807, 2.05) is 0 Å². The van der Waals surface area contributed by atoms with E-state index in [1.54, 1.807) is 18.7 Å². The highest BCUT2D eigenvalue weighted by Gasteiger charge is 2.39. The Morgan fingerprint density at radius 1 is 1.33 bits per heavy atom. The van der Waals surface area contributed by atoms with Crippen LogP contribution in [-0.2, 0) is 4.74 Å². The van der Waals surface area contributed by atoms with Crippen molar-refractivity contribution in [3.05, 3.63) is 0 Å². The standard InChI is InChI=1S/C8H16O3S/c1-3-12-4-6-8(10)7(9)5(2)11-6/h5-10H,3-4H2,1-2H3/t5-,6+,7?,8?/m0/s1. The summed E-state index contributed by atoms with van der Waals surface area (Å²) in [6, 6.07) is 0. The van der Waals surface area contributed by atoms with Gasteiger partial charge < -0.3 is 14.9 Å². The van der Waals surface area contributed by atoms with Crippen molar-refractivity contribution in [2.75, 3.05) is 11.5 Å². The molecule has 0 aromatic rings. The second-order valence-electron chi connectivity index (χ2n) is 3.02. The number of hydrogen-bond acceptors (Lipinski definition) is 4. The van der Waals surface area contributed by atoms with Crippen molar-refractivity contribution in [2.45, 2.75) is 38.3 Å². The number of hydrogen-bond donors (Lipinski definition) is 2. The minimum atomic E-state index is -0.715. The third kappa shape index (κ3) is 2.13. The summed E-state index contributed by atoms with van der Waals surface area (Å²) in [5, 5.41) is 18.8. The minimum Gasteiger partial charge on any atom is -0.388 e. The maximum absolute atomic E-state index is 9.47. The first kappa shape index (κ1) is 10.3. The molecule has 0 radical (unpaired) electrons. The Labute approximate surface area is 77.1 Å². The molecule has 0 amide bonds. The highest BCUT2D eigenvalue weighted by Crippen LogP contribution is 2.23.